The molecule has 0 fully saturated rings. The van der Waals surface area contributed by atoms with Crippen LogP contribution in [-0.4, -0.2) is 46.5 Å². The van der Waals surface area contributed by atoms with Gasteiger partial charge in [-0.05, 0) is 37.5 Å². The quantitative estimate of drug-likeness (QED) is 0.822. The third kappa shape index (κ3) is 3.39. The Morgan fingerprint density at radius 3 is 2.92 bits per heavy atom. The van der Waals surface area contributed by atoms with Gasteiger partial charge in [0, 0.05) is 18.4 Å². The van der Waals surface area contributed by atoms with Crippen molar-refractivity contribution in [1.29, 1.82) is 0 Å². The summed E-state index contributed by atoms with van der Waals surface area (Å²) in [5.74, 6) is -2.00. The van der Waals surface area contributed by atoms with Gasteiger partial charge in [0.15, 0.2) is 11.8 Å². The van der Waals surface area contributed by atoms with Crippen LogP contribution in [0.5, 0.6) is 0 Å². The fourth-order valence-corrected chi connectivity index (χ4v) is 2.98. The molecular weight excluding hydrogens is 329 g/mol. The number of methoxy groups -OCH3 is 1. The maximum absolute atomic E-state index is 13.5. The molecule has 1 heterocycles. The predicted molar refractivity (Wildman–Crippen MR) is 86.3 cm³/mol. The van der Waals surface area contributed by atoms with E-state index in [1.54, 1.807) is 16.8 Å². The summed E-state index contributed by atoms with van der Waals surface area (Å²) in [5.41, 5.74) is 2.51. The Hall–Kier alpha value is -2.74. The van der Waals surface area contributed by atoms with Gasteiger partial charge in [0.2, 0.25) is 0 Å². The number of carboxylic acid groups (broad SMARTS) is 1. The van der Waals surface area contributed by atoms with E-state index in [-0.39, 0.29) is 18.1 Å². The Morgan fingerprint density at radius 1 is 1.44 bits per heavy atom. The number of carbonyl (C=O) groups is 2. The number of hydrogen-bond acceptors (Lipinski definition) is 4. The molecule has 1 atom stereocenters. The lowest BCUT2D eigenvalue weighted by molar-refractivity contribution is -0.148. The molecule has 0 bridgehead atoms. The van der Waals surface area contributed by atoms with Crippen LogP contribution in [-0.2, 0) is 22.4 Å². The second-order valence-electron chi connectivity index (χ2n) is 5.79. The molecule has 1 unspecified atom stereocenters. The zero-order valence-electron chi connectivity index (χ0n) is 13.7. The Kier molecular flexibility index (Phi) is 4.80. The Balaban J connectivity index is 1.87. The predicted octanol–water partition coefficient (Wildman–Crippen LogP) is 1.33. The van der Waals surface area contributed by atoms with E-state index in [0.717, 1.165) is 24.1 Å². The van der Waals surface area contributed by atoms with Crippen molar-refractivity contribution in [1.82, 2.24) is 15.1 Å². The molecule has 8 heteroatoms. The van der Waals surface area contributed by atoms with Gasteiger partial charge in [0.25, 0.3) is 5.91 Å². The number of aromatic nitrogens is 2. The number of nitrogens with zero attached hydrogens (tertiary/aromatic N) is 2. The minimum Gasteiger partial charge on any atom is -0.479 e. The molecule has 1 aromatic carbocycles. The Labute approximate surface area is 143 Å². The van der Waals surface area contributed by atoms with Gasteiger partial charge < -0.3 is 15.2 Å². The summed E-state index contributed by atoms with van der Waals surface area (Å²) in [4.78, 5) is 23.4. The lowest BCUT2D eigenvalue weighted by atomic mass is 10.2. The zero-order valence-corrected chi connectivity index (χ0v) is 13.7. The van der Waals surface area contributed by atoms with Gasteiger partial charge in [0.05, 0.1) is 12.2 Å². The highest BCUT2D eigenvalue weighted by Crippen LogP contribution is 2.28. The number of halogens is 1. The third-order valence-corrected chi connectivity index (χ3v) is 4.21. The van der Waals surface area contributed by atoms with Crippen LogP contribution in [0.2, 0.25) is 0 Å². The van der Waals surface area contributed by atoms with Crippen molar-refractivity contribution in [2.75, 3.05) is 13.7 Å². The maximum Gasteiger partial charge on any atom is 0.334 e. The summed E-state index contributed by atoms with van der Waals surface area (Å²) in [7, 11) is 1.27. The van der Waals surface area contributed by atoms with Crippen molar-refractivity contribution in [3.8, 4) is 5.69 Å². The molecule has 0 saturated carbocycles. The molecule has 1 aliphatic rings. The molecule has 7 nitrogen and oxygen atoms in total. The minimum atomic E-state index is -1.15. The highest BCUT2D eigenvalue weighted by Gasteiger charge is 2.28. The van der Waals surface area contributed by atoms with E-state index in [2.05, 4.69) is 10.4 Å². The Morgan fingerprint density at radius 2 is 2.24 bits per heavy atom. The topological polar surface area (TPSA) is 93.5 Å². The van der Waals surface area contributed by atoms with E-state index in [9.17, 15) is 14.0 Å². The normalized spacial score (nSPS) is 14.2. The van der Waals surface area contributed by atoms with E-state index >= 15 is 0 Å². The first-order chi connectivity index (χ1) is 12.0. The molecule has 3 rings (SSSR count). The van der Waals surface area contributed by atoms with Crippen LogP contribution in [0.4, 0.5) is 4.39 Å². The van der Waals surface area contributed by atoms with Crippen LogP contribution in [0, 0.1) is 5.82 Å². The number of carboxylic acids is 1. The van der Waals surface area contributed by atoms with Crippen LogP contribution in [0.3, 0.4) is 0 Å². The molecule has 1 amide bonds. The molecule has 0 aliphatic heterocycles. The van der Waals surface area contributed by atoms with Crippen molar-refractivity contribution >= 4 is 11.9 Å². The second kappa shape index (κ2) is 7.02. The van der Waals surface area contributed by atoms with E-state index in [4.69, 9.17) is 9.84 Å². The van der Waals surface area contributed by atoms with Gasteiger partial charge in [0.1, 0.15) is 5.82 Å². The Bertz CT molecular complexity index is 818. The van der Waals surface area contributed by atoms with Crippen LogP contribution in [0.1, 0.15) is 28.2 Å². The summed E-state index contributed by atoms with van der Waals surface area (Å²) in [5, 5.41) is 15.8. The average molecular weight is 347 g/mol. The first-order valence-corrected chi connectivity index (χ1v) is 7.91. The molecule has 2 aromatic rings. The number of amides is 1. The number of ether oxygens (including phenoxy) is 1. The number of benzene rings is 1. The molecular formula is C17H18FN3O4. The van der Waals surface area contributed by atoms with Crippen LogP contribution in [0.15, 0.2) is 24.3 Å². The first-order valence-electron chi connectivity index (χ1n) is 7.91. The van der Waals surface area contributed by atoms with E-state index < -0.39 is 18.0 Å². The third-order valence-electron chi connectivity index (χ3n) is 4.21. The molecule has 0 saturated heterocycles. The summed E-state index contributed by atoms with van der Waals surface area (Å²) in [6.45, 7) is -0.160. The fraction of sp³-hybridized carbons (Fsp3) is 0.353. The highest BCUT2D eigenvalue weighted by atomic mass is 19.1. The number of hydrogen-bond donors (Lipinski definition) is 2. The average Bonchev–Trinajstić information content (AvgIpc) is 3.17. The maximum atomic E-state index is 13.5. The molecule has 1 aliphatic carbocycles. The fourth-order valence-electron chi connectivity index (χ4n) is 2.98. The van der Waals surface area contributed by atoms with E-state index in [0.29, 0.717) is 12.1 Å². The first kappa shape index (κ1) is 17.1. The molecule has 0 radical (unpaired) electrons. The van der Waals surface area contributed by atoms with Crippen molar-refractivity contribution in [3.63, 3.8) is 0 Å². The number of carbonyl (C=O) groups excluding carboxylic acids is 1. The minimum absolute atomic E-state index is 0.160. The van der Waals surface area contributed by atoms with Crippen molar-refractivity contribution in [2.45, 2.75) is 25.4 Å². The lowest BCUT2D eigenvalue weighted by Crippen LogP contribution is -2.38. The SMILES string of the molecule is COC(CNC(=O)c1nn(-c2cccc(F)c2)c2c1CCC2)C(=O)O. The monoisotopic (exact) mass is 347 g/mol. The molecule has 2 N–H and O–H groups in total. The van der Waals surface area contributed by atoms with Gasteiger partial charge >= 0.3 is 5.97 Å². The largest absolute Gasteiger partial charge is 0.479 e. The summed E-state index contributed by atoms with van der Waals surface area (Å²) in [6, 6.07) is 6.02. The number of rotatable bonds is 6. The standard InChI is InChI=1S/C17H18FN3O4/c1-25-14(17(23)24)9-19-16(22)15-12-6-3-7-13(12)21(20-15)11-5-2-4-10(18)8-11/h2,4-5,8,14H,3,6-7,9H2,1H3,(H,19,22)(H,23,24). The smallest absolute Gasteiger partial charge is 0.334 e. The molecule has 132 valence electrons. The van der Waals surface area contributed by atoms with Crippen LogP contribution >= 0.6 is 0 Å². The molecule has 0 spiro atoms. The van der Waals surface area contributed by atoms with Gasteiger partial charge in [-0.1, -0.05) is 6.07 Å². The second-order valence-corrected chi connectivity index (χ2v) is 5.79. The zero-order chi connectivity index (χ0) is 18.0. The van der Waals surface area contributed by atoms with Gasteiger partial charge in [-0.15, -0.1) is 0 Å². The summed E-state index contributed by atoms with van der Waals surface area (Å²) >= 11 is 0. The van der Waals surface area contributed by atoms with Gasteiger partial charge in [-0.25, -0.2) is 13.9 Å². The number of aliphatic carboxylic acids is 1. The summed E-state index contributed by atoms with van der Waals surface area (Å²) in [6.07, 6.45) is 1.22. The molecule has 1 aromatic heterocycles. The van der Waals surface area contributed by atoms with Crippen LogP contribution in [0.25, 0.3) is 5.69 Å². The highest BCUT2D eigenvalue weighted by molar-refractivity contribution is 5.94. The van der Waals surface area contributed by atoms with E-state index in [1.165, 1.54) is 19.2 Å². The van der Waals surface area contributed by atoms with Crippen molar-refractivity contribution in [3.05, 3.63) is 47.0 Å². The van der Waals surface area contributed by atoms with E-state index in [1.807, 2.05) is 0 Å². The molecule has 25 heavy (non-hydrogen) atoms. The van der Waals surface area contributed by atoms with Gasteiger partial charge in [-0.2, -0.15) is 5.10 Å². The van der Waals surface area contributed by atoms with Crippen LogP contribution < -0.4 is 5.32 Å². The van der Waals surface area contributed by atoms with Crippen molar-refractivity contribution < 1.29 is 23.8 Å². The number of fused-ring (bicyclic) bond motifs is 1. The lowest BCUT2D eigenvalue weighted by Gasteiger charge is -2.11. The number of nitrogens with one attached hydrogen (secondary N) is 1. The van der Waals surface area contributed by atoms with Gasteiger partial charge in [-0.3, -0.25) is 4.79 Å². The van der Waals surface area contributed by atoms with Crippen molar-refractivity contribution in [2.24, 2.45) is 0 Å². The summed E-state index contributed by atoms with van der Waals surface area (Å²) < 4.78 is 19.9.